The first-order valence-corrected chi connectivity index (χ1v) is 9.43. The van der Waals surface area contributed by atoms with Crippen LogP contribution in [0.2, 0.25) is 0 Å². The van der Waals surface area contributed by atoms with E-state index in [0.717, 1.165) is 24.3 Å². The van der Waals surface area contributed by atoms with Crippen LogP contribution >= 0.6 is 0 Å². The summed E-state index contributed by atoms with van der Waals surface area (Å²) in [7, 11) is 0. The Morgan fingerprint density at radius 3 is 2.63 bits per heavy atom. The van der Waals surface area contributed by atoms with Gasteiger partial charge in [-0.05, 0) is 25.0 Å². The smallest absolute Gasteiger partial charge is 0.242 e. The molecule has 2 saturated heterocycles. The van der Waals surface area contributed by atoms with E-state index in [9.17, 15) is 9.90 Å². The van der Waals surface area contributed by atoms with Crippen molar-refractivity contribution in [1.82, 2.24) is 14.9 Å². The molecule has 2 aliphatic rings. The minimum Gasteiger partial charge on any atom is -0.391 e. The molecule has 2 aliphatic heterocycles. The first kappa shape index (κ1) is 17.7. The molecule has 2 fully saturated rings. The van der Waals surface area contributed by atoms with Crippen LogP contribution in [0.5, 0.6) is 0 Å². The van der Waals surface area contributed by atoms with Gasteiger partial charge in [-0.15, -0.1) is 0 Å². The van der Waals surface area contributed by atoms with Gasteiger partial charge in [0.25, 0.3) is 0 Å². The van der Waals surface area contributed by atoms with Crippen molar-refractivity contribution < 1.29 is 9.90 Å². The molecule has 0 spiro atoms. The molecule has 0 saturated carbocycles. The number of piperazine rings is 1. The number of rotatable bonds is 4. The summed E-state index contributed by atoms with van der Waals surface area (Å²) < 4.78 is 0. The number of aliphatic hydroxyl groups excluding tert-OH is 1. The number of benzene rings is 1. The Morgan fingerprint density at radius 1 is 1.11 bits per heavy atom. The van der Waals surface area contributed by atoms with Crippen molar-refractivity contribution in [2.75, 3.05) is 42.5 Å². The lowest BCUT2D eigenvalue weighted by molar-refractivity contribution is -0.131. The lowest BCUT2D eigenvalue weighted by Gasteiger charge is -2.34. The summed E-state index contributed by atoms with van der Waals surface area (Å²) in [6, 6.07) is 10.2. The number of aromatic nitrogens is 2. The van der Waals surface area contributed by atoms with Crippen molar-refractivity contribution in [3.8, 4) is 0 Å². The molecule has 3 heterocycles. The van der Waals surface area contributed by atoms with Gasteiger partial charge >= 0.3 is 0 Å². The molecule has 7 nitrogen and oxygen atoms in total. The van der Waals surface area contributed by atoms with E-state index in [4.69, 9.17) is 0 Å². The Balaban J connectivity index is 1.40. The summed E-state index contributed by atoms with van der Waals surface area (Å²) in [6.45, 7) is 5.75. The number of nitrogens with zero attached hydrogens (tertiary/aromatic N) is 5. The third kappa shape index (κ3) is 4.03. The number of hydrogen-bond acceptors (Lipinski definition) is 6. The van der Waals surface area contributed by atoms with Gasteiger partial charge < -0.3 is 19.8 Å². The summed E-state index contributed by atoms with van der Waals surface area (Å²) in [5.74, 6) is 1.48. The number of carbonyl (C=O) groups excluding carboxylic acids is 1. The van der Waals surface area contributed by atoms with Gasteiger partial charge in [0.2, 0.25) is 11.9 Å². The number of aliphatic hydroxyl groups is 1. The fourth-order valence-corrected chi connectivity index (χ4v) is 3.58. The first-order valence-electron chi connectivity index (χ1n) is 9.43. The Hall–Kier alpha value is -2.67. The van der Waals surface area contributed by atoms with Gasteiger partial charge in [-0.3, -0.25) is 4.79 Å². The molecule has 7 heteroatoms. The van der Waals surface area contributed by atoms with Crippen molar-refractivity contribution in [3.05, 3.63) is 47.7 Å². The Morgan fingerprint density at radius 2 is 1.93 bits per heavy atom. The van der Waals surface area contributed by atoms with E-state index in [0.29, 0.717) is 32.1 Å². The second kappa shape index (κ2) is 7.52. The zero-order valence-corrected chi connectivity index (χ0v) is 15.6. The van der Waals surface area contributed by atoms with Crippen LogP contribution in [0.15, 0.2) is 36.5 Å². The number of carbonyl (C=O) groups is 1. The maximum atomic E-state index is 12.6. The van der Waals surface area contributed by atoms with Gasteiger partial charge in [0.1, 0.15) is 12.4 Å². The molecule has 27 heavy (non-hydrogen) atoms. The summed E-state index contributed by atoms with van der Waals surface area (Å²) in [6.07, 6.45) is 2.19. The van der Waals surface area contributed by atoms with E-state index in [1.165, 1.54) is 5.56 Å². The quantitative estimate of drug-likeness (QED) is 0.876. The van der Waals surface area contributed by atoms with Gasteiger partial charge in [-0.2, -0.15) is 4.98 Å². The third-order valence-corrected chi connectivity index (χ3v) is 5.21. The second-order valence-electron chi connectivity index (χ2n) is 7.33. The number of aryl methyl sites for hydroxylation is 1. The van der Waals surface area contributed by atoms with E-state index in [1.807, 2.05) is 15.9 Å². The van der Waals surface area contributed by atoms with Crippen LogP contribution in [-0.4, -0.2) is 64.7 Å². The molecule has 142 valence electrons. The molecule has 1 aromatic heterocycles. The average Bonchev–Trinajstić information content (AvgIpc) is 3.12. The SMILES string of the molecule is Cc1ccc(CN2CCN(c3nccc(N4CCC(O)C4)n3)CC2=O)cc1. The lowest BCUT2D eigenvalue weighted by atomic mass is 10.1. The first-order chi connectivity index (χ1) is 13.1. The number of β-amino-alcohol motifs (C(OH)–C–C–N with tert-alkyl or cyclic N) is 1. The molecule has 0 radical (unpaired) electrons. The minimum atomic E-state index is -0.296. The van der Waals surface area contributed by atoms with Crippen LogP contribution < -0.4 is 9.80 Å². The molecule has 2 aromatic rings. The Kier molecular flexibility index (Phi) is 4.94. The van der Waals surface area contributed by atoms with Crippen molar-refractivity contribution >= 4 is 17.7 Å². The largest absolute Gasteiger partial charge is 0.391 e. The normalized spacial score (nSPS) is 20.4. The van der Waals surface area contributed by atoms with Crippen molar-refractivity contribution in [2.24, 2.45) is 0 Å². The van der Waals surface area contributed by atoms with Crippen LogP contribution in [0, 0.1) is 6.92 Å². The average molecular weight is 367 g/mol. The van der Waals surface area contributed by atoms with Crippen LogP contribution in [0.25, 0.3) is 0 Å². The molecule has 1 N–H and O–H groups in total. The number of hydrogen-bond donors (Lipinski definition) is 1. The fourth-order valence-electron chi connectivity index (χ4n) is 3.58. The highest BCUT2D eigenvalue weighted by molar-refractivity contribution is 5.82. The maximum Gasteiger partial charge on any atom is 0.242 e. The summed E-state index contributed by atoms with van der Waals surface area (Å²) in [5, 5.41) is 9.73. The van der Waals surface area contributed by atoms with E-state index >= 15 is 0 Å². The Bertz CT molecular complexity index is 810. The molecule has 0 bridgehead atoms. The van der Waals surface area contributed by atoms with Gasteiger partial charge in [0.15, 0.2) is 0 Å². The van der Waals surface area contributed by atoms with Gasteiger partial charge in [-0.1, -0.05) is 29.8 Å². The molecular formula is C20H25N5O2. The molecule has 1 amide bonds. The highest BCUT2D eigenvalue weighted by Crippen LogP contribution is 2.21. The summed E-state index contributed by atoms with van der Waals surface area (Å²) >= 11 is 0. The van der Waals surface area contributed by atoms with Crippen LogP contribution in [-0.2, 0) is 11.3 Å². The van der Waals surface area contributed by atoms with Gasteiger partial charge in [-0.25, -0.2) is 4.98 Å². The van der Waals surface area contributed by atoms with Gasteiger partial charge in [0.05, 0.1) is 6.10 Å². The topological polar surface area (TPSA) is 72.8 Å². The highest BCUT2D eigenvalue weighted by atomic mass is 16.3. The predicted molar refractivity (Wildman–Crippen MR) is 104 cm³/mol. The molecule has 4 rings (SSSR count). The fraction of sp³-hybridized carbons (Fsp3) is 0.450. The predicted octanol–water partition coefficient (Wildman–Crippen LogP) is 1.20. The summed E-state index contributed by atoms with van der Waals surface area (Å²) in [5.41, 5.74) is 2.37. The molecule has 1 unspecified atom stereocenters. The monoisotopic (exact) mass is 367 g/mol. The van der Waals surface area contributed by atoms with E-state index in [1.54, 1.807) is 6.20 Å². The number of amides is 1. The van der Waals surface area contributed by atoms with E-state index < -0.39 is 0 Å². The highest BCUT2D eigenvalue weighted by Gasteiger charge is 2.27. The van der Waals surface area contributed by atoms with Crippen LogP contribution in [0.1, 0.15) is 17.5 Å². The summed E-state index contributed by atoms with van der Waals surface area (Å²) in [4.78, 5) is 27.5. The van der Waals surface area contributed by atoms with Crippen LogP contribution in [0.4, 0.5) is 11.8 Å². The zero-order valence-electron chi connectivity index (χ0n) is 15.6. The molecule has 1 aromatic carbocycles. The van der Waals surface area contributed by atoms with Crippen molar-refractivity contribution in [2.45, 2.75) is 26.0 Å². The minimum absolute atomic E-state index is 0.0902. The maximum absolute atomic E-state index is 12.6. The van der Waals surface area contributed by atoms with Crippen molar-refractivity contribution in [3.63, 3.8) is 0 Å². The second-order valence-corrected chi connectivity index (χ2v) is 7.33. The lowest BCUT2D eigenvalue weighted by Crippen LogP contribution is -2.50. The van der Waals surface area contributed by atoms with E-state index in [2.05, 4.69) is 46.1 Å². The van der Waals surface area contributed by atoms with Crippen molar-refractivity contribution in [1.29, 1.82) is 0 Å². The molecule has 0 aliphatic carbocycles. The standard InChI is InChI=1S/C20H25N5O2/c1-15-2-4-16(5-3-15)12-24-10-11-25(14-19(24)27)20-21-8-6-18(22-20)23-9-7-17(26)13-23/h2-6,8,17,26H,7,9-14H2,1H3. The zero-order chi connectivity index (χ0) is 18.8. The van der Waals surface area contributed by atoms with Crippen LogP contribution in [0.3, 0.4) is 0 Å². The third-order valence-electron chi connectivity index (χ3n) is 5.21. The Labute approximate surface area is 159 Å². The van der Waals surface area contributed by atoms with E-state index in [-0.39, 0.29) is 18.6 Å². The van der Waals surface area contributed by atoms with Gasteiger partial charge in [0, 0.05) is 38.9 Å². The molecule has 1 atom stereocenters. The number of anilines is 2. The molecular weight excluding hydrogens is 342 g/mol.